The van der Waals surface area contributed by atoms with Crippen LogP contribution in [0.25, 0.3) is 0 Å². The second kappa shape index (κ2) is 5.18. The van der Waals surface area contributed by atoms with Crippen LogP contribution in [0.2, 0.25) is 0 Å². The Morgan fingerprint density at radius 3 is 2.33 bits per heavy atom. The van der Waals surface area contributed by atoms with Gasteiger partial charge in [-0.3, -0.25) is 0 Å². The maximum atomic E-state index is 11.6. The van der Waals surface area contributed by atoms with E-state index in [1.165, 1.54) is 12.1 Å². The molecule has 1 aromatic heterocycles. The summed E-state index contributed by atoms with van der Waals surface area (Å²) in [5.41, 5.74) is 0.796. The average molecular weight is 244 g/mol. The maximum Gasteiger partial charge on any atom is 0.355 e. The molecule has 0 amide bonds. The number of carbonyl (C=O) groups excluding carboxylic acids is 2. The van der Waals surface area contributed by atoms with E-state index in [0.29, 0.717) is 0 Å². The standard InChI is InChI=1S/C13H11NO4/c15-12(16)10-6-7-11(14-10)13(17)18-8-9-4-2-1-3-5-9/h1-7,14H,8H2,(H,15,16)/p-1. The van der Waals surface area contributed by atoms with Crippen LogP contribution in [-0.4, -0.2) is 16.9 Å². The largest absolute Gasteiger partial charge is 0.543 e. The van der Waals surface area contributed by atoms with Crippen molar-refractivity contribution in [1.29, 1.82) is 0 Å². The highest BCUT2D eigenvalue weighted by Gasteiger charge is 2.10. The molecule has 0 aliphatic carbocycles. The lowest BCUT2D eigenvalue weighted by Crippen LogP contribution is -2.22. The Morgan fingerprint density at radius 2 is 1.72 bits per heavy atom. The van der Waals surface area contributed by atoms with E-state index in [9.17, 15) is 14.7 Å². The number of rotatable bonds is 4. The van der Waals surface area contributed by atoms with Crippen LogP contribution >= 0.6 is 0 Å². The number of carboxylic acid groups (broad SMARTS) is 1. The van der Waals surface area contributed by atoms with Gasteiger partial charge in [-0.2, -0.15) is 0 Å². The van der Waals surface area contributed by atoms with Crippen molar-refractivity contribution in [2.24, 2.45) is 0 Å². The third-order valence-corrected chi connectivity index (χ3v) is 2.34. The van der Waals surface area contributed by atoms with E-state index in [-0.39, 0.29) is 18.0 Å². The van der Waals surface area contributed by atoms with E-state index in [2.05, 4.69) is 4.98 Å². The summed E-state index contributed by atoms with van der Waals surface area (Å²) in [7, 11) is 0. The van der Waals surface area contributed by atoms with Gasteiger partial charge in [-0.15, -0.1) is 0 Å². The number of aromatic amines is 1. The predicted octanol–water partition coefficient (Wildman–Crippen LogP) is 0.735. The predicted molar refractivity (Wildman–Crippen MR) is 60.7 cm³/mol. The number of esters is 1. The molecule has 0 fully saturated rings. The molecule has 0 bridgehead atoms. The SMILES string of the molecule is O=C([O-])c1ccc(C(=O)OCc2ccccc2)[nH]1. The van der Waals surface area contributed by atoms with Crippen molar-refractivity contribution in [2.75, 3.05) is 0 Å². The molecule has 0 atom stereocenters. The molecule has 1 heterocycles. The molecule has 2 aromatic rings. The maximum absolute atomic E-state index is 11.6. The van der Waals surface area contributed by atoms with Gasteiger partial charge < -0.3 is 19.6 Å². The monoisotopic (exact) mass is 244 g/mol. The zero-order valence-corrected chi connectivity index (χ0v) is 9.38. The molecule has 0 aliphatic heterocycles. The van der Waals surface area contributed by atoms with Crippen LogP contribution in [0.4, 0.5) is 0 Å². The van der Waals surface area contributed by atoms with Crippen molar-refractivity contribution >= 4 is 11.9 Å². The Kier molecular flexibility index (Phi) is 3.43. The fourth-order valence-electron chi connectivity index (χ4n) is 1.43. The molecular formula is C13H10NO4-. The number of aromatic carboxylic acids is 1. The Morgan fingerprint density at radius 1 is 1.06 bits per heavy atom. The van der Waals surface area contributed by atoms with Gasteiger partial charge in [0, 0.05) is 0 Å². The van der Waals surface area contributed by atoms with E-state index in [0.717, 1.165) is 5.56 Å². The number of benzene rings is 1. The number of hydrogen-bond acceptors (Lipinski definition) is 4. The molecule has 5 nitrogen and oxygen atoms in total. The molecule has 0 saturated carbocycles. The van der Waals surface area contributed by atoms with Crippen LogP contribution in [0.5, 0.6) is 0 Å². The van der Waals surface area contributed by atoms with E-state index in [1.807, 2.05) is 30.3 Å². The zero-order chi connectivity index (χ0) is 13.0. The van der Waals surface area contributed by atoms with Crippen molar-refractivity contribution < 1.29 is 19.4 Å². The van der Waals surface area contributed by atoms with Gasteiger partial charge in [0.15, 0.2) is 0 Å². The molecule has 0 aliphatic rings. The van der Waals surface area contributed by atoms with Gasteiger partial charge in [-0.05, 0) is 17.7 Å². The first kappa shape index (κ1) is 11.9. The summed E-state index contributed by atoms with van der Waals surface area (Å²) >= 11 is 0. The van der Waals surface area contributed by atoms with Gasteiger partial charge >= 0.3 is 5.97 Å². The van der Waals surface area contributed by atoms with E-state index in [4.69, 9.17) is 4.74 Å². The summed E-state index contributed by atoms with van der Waals surface area (Å²) in [6, 6.07) is 11.8. The fourth-order valence-corrected chi connectivity index (χ4v) is 1.43. The van der Waals surface area contributed by atoms with Crippen LogP contribution in [-0.2, 0) is 11.3 Å². The summed E-state index contributed by atoms with van der Waals surface area (Å²) in [6.45, 7) is 0.138. The van der Waals surface area contributed by atoms with Gasteiger partial charge in [0.1, 0.15) is 12.3 Å². The molecule has 2 rings (SSSR count). The lowest BCUT2D eigenvalue weighted by Gasteiger charge is -2.03. The third kappa shape index (κ3) is 2.76. The minimum Gasteiger partial charge on any atom is -0.543 e. The van der Waals surface area contributed by atoms with Crippen molar-refractivity contribution in [3.05, 3.63) is 59.4 Å². The van der Waals surface area contributed by atoms with Crippen LogP contribution in [0.1, 0.15) is 26.5 Å². The summed E-state index contributed by atoms with van der Waals surface area (Å²) in [5, 5.41) is 10.5. The molecule has 18 heavy (non-hydrogen) atoms. The van der Waals surface area contributed by atoms with Crippen molar-refractivity contribution in [3.8, 4) is 0 Å². The highest BCUT2D eigenvalue weighted by Crippen LogP contribution is 2.06. The first-order valence-electron chi connectivity index (χ1n) is 5.28. The molecule has 0 unspecified atom stereocenters. The van der Waals surface area contributed by atoms with E-state index >= 15 is 0 Å². The Labute approximate surface area is 103 Å². The molecule has 92 valence electrons. The molecule has 0 radical (unpaired) electrons. The van der Waals surface area contributed by atoms with Crippen molar-refractivity contribution in [1.82, 2.24) is 4.98 Å². The second-order valence-corrected chi connectivity index (χ2v) is 3.63. The molecule has 1 N–H and O–H groups in total. The number of carboxylic acids is 1. The number of aromatic nitrogens is 1. The molecular weight excluding hydrogens is 234 g/mol. The van der Waals surface area contributed by atoms with Gasteiger partial charge in [0.25, 0.3) is 0 Å². The summed E-state index contributed by atoms with van der Waals surface area (Å²) in [6.07, 6.45) is 0. The average Bonchev–Trinajstić information content (AvgIpc) is 2.87. The van der Waals surface area contributed by atoms with Crippen LogP contribution in [0.3, 0.4) is 0 Å². The number of nitrogens with one attached hydrogen (secondary N) is 1. The van der Waals surface area contributed by atoms with Gasteiger partial charge in [-0.1, -0.05) is 30.3 Å². The summed E-state index contributed by atoms with van der Waals surface area (Å²) in [5.74, 6) is -1.97. The first-order valence-corrected chi connectivity index (χ1v) is 5.28. The van der Waals surface area contributed by atoms with Crippen molar-refractivity contribution in [2.45, 2.75) is 6.61 Å². The Hall–Kier alpha value is -2.56. The molecule has 0 spiro atoms. The second-order valence-electron chi connectivity index (χ2n) is 3.63. The highest BCUT2D eigenvalue weighted by molar-refractivity contribution is 5.91. The quantitative estimate of drug-likeness (QED) is 0.804. The Balaban J connectivity index is 1.97. The van der Waals surface area contributed by atoms with E-state index < -0.39 is 11.9 Å². The fraction of sp³-hybridized carbons (Fsp3) is 0.0769. The lowest BCUT2D eigenvalue weighted by molar-refractivity contribution is -0.255. The molecule has 1 aromatic carbocycles. The number of ether oxygens (including phenoxy) is 1. The zero-order valence-electron chi connectivity index (χ0n) is 9.38. The molecule has 0 saturated heterocycles. The smallest absolute Gasteiger partial charge is 0.355 e. The van der Waals surface area contributed by atoms with Crippen LogP contribution in [0.15, 0.2) is 42.5 Å². The summed E-state index contributed by atoms with van der Waals surface area (Å²) in [4.78, 5) is 24.5. The third-order valence-electron chi connectivity index (χ3n) is 2.34. The first-order chi connectivity index (χ1) is 8.66. The minimum atomic E-state index is -1.36. The number of H-pyrrole nitrogens is 1. The summed E-state index contributed by atoms with van der Waals surface area (Å²) < 4.78 is 5.02. The minimum absolute atomic E-state index is 0.0881. The van der Waals surface area contributed by atoms with Crippen LogP contribution in [0, 0.1) is 0 Å². The lowest BCUT2D eigenvalue weighted by atomic mass is 10.2. The van der Waals surface area contributed by atoms with Gasteiger partial charge in [0.2, 0.25) is 0 Å². The van der Waals surface area contributed by atoms with E-state index in [1.54, 1.807) is 0 Å². The van der Waals surface area contributed by atoms with Crippen molar-refractivity contribution in [3.63, 3.8) is 0 Å². The number of carbonyl (C=O) groups is 2. The highest BCUT2D eigenvalue weighted by atomic mass is 16.5. The molecule has 5 heteroatoms. The van der Waals surface area contributed by atoms with Gasteiger partial charge in [0.05, 0.1) is 11.7 Å². The Bertz CT molecular complexity index is 559. The van der Waals surface area contributed by atoms with Crippen LogP contribution < -0.4 is 5.11 Å². The number of hydrogen-bond donors (Lipinski definition) is 1. The van der Waals surface area contributed by atoms with Gasteiger partial charge in [-0.25, -0.2) is 4.79 Å². The topological polar surface area (TPSA) is 82.2 Å². The normalized spacial score (nSPS) is 10.0.